The number of halogens is 3. The molecule has 0 aliphatic rings. The van der Waals surface area contributed by atoms with E-state index >= 15 is 0 Å². The Morgan fingerprint density at radius 1 is 1.17 bits per heavy atom. The van der Waals surface area contributed by atoms with Gasteiger partial charge in [-0.2, -0.15) is 0 Å². The minimum Gasteiger partial charge on any atom is -0.261 e. The summed E-state index contributed by atoms with van der Waals surface area (Å²) in [4.78, 5) is 4.34. The first kappa shape index (κ1) is 13.7. The van der Waals surface area contributed by atoms with E-state index < -0.39 is 0 Å². The van der Waals surface area contributed by atoms with Gasteiger partial charge >= 0.3 is 0 Å². The Hall–Kier alpha value is -0.760. The molecule has 0 radical (unpaired) electrons. The summed E-state index contributed by atoms with van der Waals surface area (Å²) in [6.07, 6.45) is 2.45. The van der Waals surface area contributed by atoms with Crippen LogP contribution in [0.1, 0.15) is 22.2 Å². The number of pyridine rings is 1. The second-order valence-corrected chi connectivity index (χ2v) is 5.45. The third-order valence-electron chi connectivity index (χ3n) is 2.80. The van der Waals surface area contributed by atoms with Gasteiger partial charge in [0.1, 0.15) is 0 Å². The number of aryl methyl sites for hydroxylation is 1. The minimum atomic E-state index is -0.159. The number of benzene rings is 1. The Morgan fingerprint density at radius 2 is 1.94 bits per heavy atom. The SMILES string of the molecule is Cc1cccnc1CC(Cl)c1ccc(Cl)c(Cl)c1. The third kappa shape index (κ3) is 3.17. The highest BCUT2D eigenvalue weighted by Crippen LogP contribution is 2.30. The molecule has 0 N–H and O–H groups in total. The van der Waals surface area contributed by atoms with Crippen LogP contribution in [0.2, 0.25) is 10.0 Å². The Bertz CT molecular complexity index is 554. The van der Waals surface area contributed by atoms with Gasteiger partial charge in [-0.15, -0.1) is 11.6 Å². The fourth-order valence-electron chi connectivity index (χ4n) is 1.73. The van der Waals surface area contributed by atoms with Crippen LogP contribution in [0, 0.1) is 6.92 Å². The quantitative estimate of drug-likeness (QED) is 0.708. The zero-order chi connectivity index (χ0) is 13.1. The molecule has 1 aromatic carbocycles. The molecule has 0 amide bonds. The summed E-state index contributed by atoms with van der Waals surface area (Å²) in [5, 5.41) is 0.907. The maximum atomic E-state index is 6.40. The van der Waals surface area contributed by atoms with E-state index in [2.05, 4.69) is 4.98 Å². The van der Waals surface area contributed by atoms with Gasteiger partial charge in [0.15, 0.2) is 0 Å². The van der Waals surface area contributed by atoms with Gasteiger partial charge in [0.2, 0.25) is 0 Å². The Labute approximate surface area is 122 Å². The molecular weight excluding hydrogens is 289 g/mol. The Balaban J connectivity index is 2.19. The van der Waals surface area contributed by atoms with Crippen LogP contribution in [0.3, 0.4) is 0 Å². The van der Waals surface area contributed by atoms with Gasteiger partial charge < -0.3 is 0 Å². The predicted octanol–water partition coefficient (Wildman–Crippen LogP) is 5.22. The number of alkyl halides is 1. The number of hydrogen-bond acceptors (Lipinski definition) is 1. The van der Waals surface area contributed by atoms with Gasteiger partial charge in [-0.05, 0) is 36.2 Å². The lowest BCUT2D eigenvalue weighted by molar-refractivity contribution is 0.870. The molecule has 0 fully saturated rings. The lowest BCUT2D eigenvalue weighted by Crippen LogP contribution is -2.00. The average Bonchev–Trinajstić information content (AvgIpc) is 2.35. The van der Waals surface area contributed by atoms with E-state index in [-0.39, 0.29) is 5.38 Å². The van der Waals surface area contributed by atoms with Crippen molar-refractivity contribution in [2.24, 2.45) is 0 Å². The maximum absolute atomic E-state index is 6.40. The molecule has 2 rings (SSSR count). The van der Waals surface area contributed by atoms with Crippen molar-refractivity contribution in [1.29, 1.82) is 0 Å². The van der Waals surface area contributed by atoms with E-state index in [0.29, 0.717) is 16.5 Å². The van der Waals surface area contributed by atoms with Crippen molar-refractivity contribution in [3.63, 3.8) is 0 Å². The second-order valence-electron chi connectivity index (χ2n) is 4.11. The smallest absolute Gasteiger partial charge is 0.0641 e. The van der Waals surface area contributed by atoms with E-state index in [0.717, 1.165) is 16.8 Å². The van der Waals surface area contributed by atoms with Crippen molar-refractivity contribution < 1.29 is 0 Å². The van der Waals surface area contributed by atoms with Crippen LogP contribution in [0.4, 0.5) is 0 Å². The lowest BCUT2D eigenvalue weighted by atomic mass is 10.0. The van der Waals surface area contributed by atoms with Crippen LogP contribution >= 0.6 is 34.8 Å². The van der Waals surface area contributed by atoms with Gasteiger partial charge in [0.05, 0.1) is 15.4 Å². The molecule has 1 heterocycles. The monoisotopic (exact) mass is 299 g/mol. The number of rotatable bonds is 3. The maximum Gasteiger partial charge on any atom is 0.0641 e. The number of aromatic nitrogens is 1. The van der Waals surface area contributed by atoms with Gasteiger partial charge in [-0.1, -0.05) is 35.3 Å². The highest BCUT2D eigenvalue weighted by atomic mass is 35.5. The molecule has 94 valence electrons. The fourth-order valence-corrected chi connectivity index (χ4v) is 2.32. The van der Waals surface area contributed by atoms with Gasteiger partial charge in [-0.25, -0.2) is 0 Å². The zero-order valence-corrected chi connectivity index (χ0v) is 12.1. The lowest BCUT2D eigenvalue weighted by Gasteiger charge is -2.11. The summed E-state index contributed by atoms with van der Waals surface area (Å²) in [7, 11) is 0. The third-order valence-corrected chi connectivity index (χ3v) is 3.94. The normalized spacial score (nSPS) is 12.4. The molecule has 0 bridgehead atoms. The highest BCUT2D eigenvalue weighted by Gasteiger charge is 2.12. The van der Waals surface area contributed by atoms with Gasteiger partial charge in [0, 0.05) is 18.3 Å². The molecule has 0 aliphatic heterocycles. The van der Waals surface area contributed by atoms with Crippen LogP contribution in [-0.2, 0) is 6.42 Å². The first-order valence-electron chi connectivity index (χ1n) is 5.57. The van der Waals surface area contributed by atoms with E-state index in [1.807, 2.05) is 25.1 Å². The van der Waals surface area contributed by atoms with Crippen LogP contribution in [0.25, 0.3) is 0 Å². The number of hydrogen-bond donors (Lipinski definition) is 0. The number of nitrogens with zero attached hydrogens (tertiary/aromatic N) is 1. The first-order chi connectivity index (χ1) is 8.58. The molecule has 0 spiro atoms. The molecule has 1 nitrogen and oxygen atoms in total. The summed E-state index contributed by atoms with van der Waals surface area (Å²) >= 11 is 18.3. The van der Waals surface area contributed by atoms with E-state index in [4.69, 9.17) is 34.8 Å². The molecule has 4 heteroatoms. The Morgan fingerprint density at radius 3 is 2.61 bits per heavy atom. The molecule has 1 aromatic heterocycles. The van der Waals surface area contributed by atoms with E-state index in [9.17, 15) is 0 Å². The minimum absolute atomic E-state index is 0.159. The van der Waals surface area contributed by atoms with Crippen molar-refractivity contribution in [3.8, 4) is 0 Å². The van der Waals surface area contributed by atoms with Gasteiger partial charge in [-0.3, -0.25) is 4.98 Å². The van der Waals surface area contributed by atoms with Crippen LogP contribution in [0.5, 0.6) is 0 Å². The second kappa shape index (κ2) is 5.92. The summed E-state index contributed by atoms with van der Waals surface area (Å²) < 4.78 is 0. The highest BCUT2D eigenvalue weighted by molar-refractivity contribution is 6.42. The molecule has 1 unspecified atom stereocenters. The average molecular weight is 301 g/mol. The van der Waals surface area contributed by atoms with Crippen LogP contribution < -0.4 is 0 Å². The van der Waals surface area contributed by atoms with Crippen molar-refractivity contribution in [3.05, 3.63) is 63.4 Å². The van der Waals surface area contributed by atoms with Crippen molar-refractivity contribution in [1.82, 2.24) is 4.98 Å². The summed E-state index contributed by atoms with van der Waals surface area (Å²) in [5.41, 5.74) is 3.10. The molecule has 0 aliphatic carbocycles. The molecule has 0 saturated carbocycles. The first-order valence-corrected chi connectivity index (χ1v) is 6.76. The summed E-state index contributed by atoms with van der Waals surface area (Å²) in [6, 6.07) is 9.41. The molecule has 1 atom stereocenters. The molecule has 2 aromatic rings. The van der Waals surface area contributed by atoms with Crippen LogP contribution in [-0.4, -0.2) is 4.98 Å². The molecular formula is C14H12Cl3N. The van der Waals surface area contributed by atoms with Gasteiger partial charge in [0.25, 0.3) is 0 Å². The zero-order valence-electron chi connectivity index (χ0n) is 9.83. The molecule has 0 saturated heterocycles. The van der Waals surface area contributed by atoms with Crippen molar-refractivity contribution in [2.45, 2.75) is 18.7 Å². The molecule has 18 heavy (non-hydrogen) atoms. The summed E-state index contributed by atoms with van der Waals surface area (Å²) in [6.45, 7) is 2.03. The largest absolute Gasteiger partial charge is 0.261 e. The standard InChI is InChI=1S/C14H12Cl3N/c1-9-3-2-6-18-14(9)8-12(16)10-4-5-11(15)13(17)7-10/h2-7,12H,8H2,1H3. The predicted molar refractivity (Wildman–Crippen MR) is 77.7 cm³/mol. The fraction of sp³-hybridized carbons (Fsp3) is 0.214. The Kier molecular flexibility index (Phi) is 4.50. The van der Waals surface area contributed by atoms with Crippen molar-refractivity contribution in [2.75, 3.05) is 0 Å². The van der Waals surface area contributed by atoms with Crippen molar-refractivity contribution >= 4 is 34.8 Å². The topological polar surface area (TPSA) is 12.9 Å². The van der Waals surface area contributed by atoms with Crippen LogP contribution in [0.15, 0.2) is 36.5 Å². The van der Waals surface area contributed by atoms with E-state index in [1.165, 1.54) is 0 Å². The van der Waals surface area contributed by atoms with E-state index in [1.54, 1.807) is 18.3 Å². The summed E-state index contributed by atoms with van der Waals surface area (Å²) in [5.74, 6) is 0.